The molecule has 2 heterocycles. The van der Waals surface area contributed by atoms with Gasteiger partial charge < -0.3 is 20.7 Å². The van der Waals surface area contributed by atoms with E-state index in [0.717, 1.165) is 37.1 Å². The van der Waals surface area contributed by atoms with Crippen molar-refractivity contribution in [2.24, 2.45) is 11.7 Å². The number of amides is 2. The molecule has 0 radical (unpaired) electrons. The summed E-state index contributed by atoms with van der Waals surface area (Å²) >= 11 is 0. The van der Waals surface area contributed by atoms with Crippen LogP contribution < -0.4 is 11.1 Å². The first-order valence-electron chi connectivity index (χ1n) is 8.64. The summed E-state index contributed by atoms with van der Waals surface area (Å²) in [5, 5.41) is 2.88. The third-order valence-electron chi connectivity index (χ3n) is 4.84. The largest absolute Gasteiger partial charge is 0.381 e. The van der Waals surface area contributed by atoms with Crippen LogP contribution >= 0.6 is 12.4 Å². The van der Waals surface area contributed by atoms with Crippen molar-refractivity contribution < 1.29 is 14.3 Å². The highest BCUT2D eigenvalue weighted by Gasteiger charge is 2.26. The molecule has 0 spiro atoms. The monoisotopic (exact) mass is 367 g/mol. The lowest BCUT2D eigenvalue weighted by molar-refractivity contribution is -0.128. The van der Waals surface area contributed by atoms with Gasteiger partial charge in [-0.2, -0.15) is 0 Å². The lowest BCUT2D eigenvalue weighted by Crippen LogP contribution is -2.44. The van der Waals surface area contributed by atoms with E-state index in [0.29, 0.717) is 26.2 Å². The number of rotatable bonds is 5. The first-order valence-corrected chi connectivity index (χ1v) is 8.64. The number of benzene rings is 1. The number of nitrogens with zero attached hydrogens (tertiary/aromatic N) is 1. The predicted molar refractivity (Wildman–Crippen MR) is 98.5 cm³/mol. The van der Waals surface area contributed by atoms with E-state index in [-0.39, 0.29) is 30.1 Å². The van der Waals surface area contributed by atoms with Crippen LogP contribution in [0.1, 0.15) is 31.2 Å². The van der Waals surface area contributed by atoms with Gasteiger partial charge in [-0.25, -0.2) is 0 Å². The molecule has 1 unspecified atom stereocenters. The van der Waals surface area contributed by atoms with E-state index in [2.05, 4.69) is 5.32 Å². The first-order chi connectivity index (χ1) is 11.6. The molecule has 2 saturated heterocycles. The number of hydrogen-bond acceptors (Lipinski definition) is 4. The lowest BCUT2D eigenvalue weighted by atomic mass is 9.92. The molecule has 1 atom stereocenters. The Kier molecular flexibility index (Phi) is 7.23. The summed E-state index contributed by atoms with van der Waals surface area (Å²) in [5.74, 6) is 0.249. The van der Waals surface area contributed by atoms with Crippen LogP contribution in [0, 0.1) is 5.92 Å². The fourth-order valence-corrected chi connectivity index (χ4v) is 3.30. The minimum Gasteiger partial charge on any atom is -0.381 e. The van der Waals surface area contributed by atoms with Gasteiger partial charge in [0.1, 0.15) is 0 Å². The molecule has 1 aromatic rings. The zero-order valence-electron chi connectivity index (χ0n) is 14.3. The maximum Gasteiger partial charge on any atom is 0.241 e. The van der Waals surface area contributed by atoms with Crippen molar-refractivity contribution in [3.8, 4) is 0 Å². The summed E-state index contributed by atoms with van der Waals surface area (Å²) < 4.78 is 5.31. The summed E-state index contributed by atoms with van der Waals surface area (Å²) in [6.45, 7) is 2.82. The van der Waals surface area contributed by atoms with Gasteiger partial charge in [-0.05, 0) is 42.9 Å². The van der Waals surface area contributed by atoms with Crippen LogP contribution in [-0.4, -0.2) is 42.5 Å². The van der Waals surface area contributed by atoms with Crippen molar-refractivity contribution in [1.29, 1.82) is 0 Å². The number of nitrogens with one attached hydrogen (secondary N) is 1. The SMILES string of the molecule is Cl.NC(C(=O)Nc1ccc(CN2CCCC2=O)cc1)C1CCOCC1. The zero-order valence-corrected chi connectivity index (χ0v) is 15.1. The van der Waals surface area contributed by atoms with Crippen LogP contribution in [0.4, 0.5) is 5.69 Å². The van der Waals surface area contributed by atoms with Crippen LogP contribution in [0.15, 0.2) is 24.3 Å². The van der Waals surface area contributed by atoms with E-state index in [9.17, 15) is 9.59 Å². The van der Waals surface area contributed by atoms with Gasteiger partial charge in [-0.1, -0.05) is 12.1 Å². The highest BCUT2D eigenvalue weighted by Crippen LogP contribution is 2.20. The molecule has 3 N–H and O–H groups in total. The second-order valence-corrected chi connectivity index (χ2v) is 6.58. The molecule has 1 aromatic carbocycles. The van der Waals surface area contributed by atoms with E-state index in [1.54, 1.807) is 0 Å². The summed E-state index contributed by atoms with van der Waals surface area (Å²) in [7, 11) is 0. The third-order valence-corrected chi connectivity index (χ3v) is 4.84. The maximum absolute atomic E-state index is 12.3. The molecule has 138 valence electrons. The fraction of sp³-hybridized carbons (Fsp3) is 0.556. The lowest BCUT2D eigenvalue weighted by Gasteiger charge is -2.26. The number of halogens is 1. The Morgan fingerprint density at radius 1 is 1.28 bits per heavy atom. The Bertz CT molecular complexity index is 588. The minimum absolute atomic E-state index is 0. The molecular formula is C18H26ClN3O3. The highest BCUT2D eigenvalue weighted by atomic mass is 35.5. The van der Waals surface area contributed by atoms with Crippen LogP contribution in [0.3, 0.4) is 0 Å². The predicted octanol–water partition coefficient (Wildman–Crippen LogP) is 1.92. The van der Waals surface area contributed by atoms with Crippen LogP contribution in [0.5, 0.6) is 0 Å². The van der Waals surface area contributed by atoms with Gasteiger partial charge in [0, 0.05) is 38.4 Å². The van der Waals surface area contributed by atoms with Gasteiger partial charge in [0.2, 0.25) is 11.8 Å². The maximum atomic E-state index is 12.3. The molecule has 2 aliphatic heterocycles. The van der Waals surface area contributed by atoms with Crippen molar-refractivity contribution in [3.05, 3.63) is 29.8 Å². The normalized spacial score (nSPS) is 19.4. The van der Waals surface area contributed by atoms with Crippen molar-refractivity contribution in [3.63, 3.8) is 0 Å². The van der Waals surface area contributed by atoms with Crippen molar-refractivity contribution >= 4 is 29.9 Å². The first kappa shape index (κ1) is 19.7. The van der Waals surface area contributed by atoms with E-state index in [1.165, 1.54) is 0 Å². The molecule has 0 aromatic heterocycles. The summed E-state index contributed by atoms with van der Waals surface area (Å²) in [5.41, 5.74) is 7.88. The summed E-state index contributed by atoms with van der Waals surface area (Å²) in [6, 6.07) is 7.12. The second-order valence-electron chi connectivity index (χ2n) is 6.58. The summed E-state index contributed by atoms with van der Waals surface area (Å²) in [4.78, 5) is 25.8. The second kappa shape index (κ2) is 9.17. The molecule has 2 fully saturated rings. The molecule has 0 bridgehead atoms. The minimum atomic E-state index is -0.504. The molecule has 0 saturated carbocycles. The molecule has 25 heavy (non-hydrogen) atoms. The molecule has 7 heteroatoms. The van der Waals surface area contributed by atoms with Crippen LogP contribution in [-0.2, 0) is 20.9 Å². The molecule has 0 aliphatic carbocycles. The highest BCUT2D eigenvalue weighted by molar-refractivity contribution is 5.94. The Labute approximate surface area is 154 Å². The average molecular weight is 368 g/mol. The third kappa shape index (κ3) is 5.17. The van der Waals surface area contributed by atoms with Gasteiger partial charge in [0.15, 0.2) is 0 Å². The summed E-state index contributed by atoms with van der Waals surface area (Å²) in [6.07, 6.45) is 3.25. The molecule has 6 nitrogen and oxygen atoms in total. The van der Waals surface area contributed by atoms with E-state index in [1.807, 2.05) is 29.2 Å². The quantitative estimate of drug-likeness (QED) is 0.832. The van der Waals surface area contributed by atoms with E-state index < -0.39 is 6.04 Å². The number of nitrogens with two attached hydrogens (primary N) is 1. The smallest absolute Gasteiger partial charge is 0.241 e. The molecule has 3 rings (SSSR count). The Balaban J connectivity index is 0.00000225. The van der Waals surface area contributed by atoms with Crippen molar-refractivity contribution in [2.45, 2.75) is 38.3 Å². The number of carbonyl (C=O) groups excluding carboxylic acids is 2. The number of likely N-dealkylation sites (tertiary alicyclic amines) is 1. The number of carbonyl (C=O) groups is 2. The van der Waals surface area contributed by atoms with E-state index in [4.69, 9.17) is 10.5 Å². The number of hydrogen-bond donors (Lipinski definition) is 2. The molecule has 2 amide bonds. The van der Waals surface area contributed by atoms with E-state index >= 15 is 0 Å². The van der Waals surface area contributed by atoms with Gasteiger partial charge in [0.05, 0.1) is 6.04 Å². The Morgan fingerprint density at radius 2 is 1.96 bits per heavy atom. The van der Waals surface area contributed by atoms with Crippen LogP contribution in [0.25, 0.3) is 0 Å². The van der Waals surface area contributed by atoms with Gasteiger partial charge >= 0.3 is 0 Å². The average Bonchev–Trinajstić information content (AvgIpc) is 3.01. The number of anilines is 1. The topological polar surface area (TPSA) is 84.7 Å². The van der Waals surface area contributed by atoms with Gasteiger partial charge in [0.25, 0.3) is 0 Å². The molecular weight excluding hydrogens is 342 g/mol. The van der Waals surface area contributed by atoms with Gasteiger partial charge in [-0.3, -0.25) is 9.59 Å². The fourth-order valence-electron chi connectivity index (χ4n) is 3.30. The standard InChI is InChI=1S/C18H25N3O3.ClH/c19-17(14-7-10-24-11-8-14)18(23)20-15-5-3-13(4-6-15)12-21-9-1-2-16(21)22;/h3-6,14,17H,1-2,7-12,19H2,(H,20,23);1H. The molecule has 2 aliphatic rings. The van der Waals surface area contributed by atoms with Crippen molar-refractivity contribution in [1.82, 2.24) is 4.90 Å². The Hall–Kier alpha value is -1.63. The Morgan fingerprint density at radius 3 is 2.56 bits per heavy atom. The number of ether oxygens (including phenoxy) is 1. The van der Waals surface area contributed by atoms with Crippen molar-refractivity contribution in [2.75, 3.05) is 25.1 Å². The van der Waals surface area contributed by atoms with Gasteiger partial charge in [-0.15, -0.1) is 12.4 Å². The zero-order chi connectivity index (χ0) is 16.9. The van der Waals surface area contributed by atoms with Crippen LogP contribution in [0.2, 0.25) is 0 Å².